The maximum atomic E-state index is 13.1. The van der Waals surface area contributed by atoms with Crippen molar-refractivity contribution in [2.75, 3.05) is 25.5 Å². The van der Waals surface area contributed by atoms with Crippen LogP contribution in [0.4, 0.5) is 5.69 Å². The predicted octanol–water partition coefficient (Wildman–Crippen LogP) is 3.03. The van der Waals surface area contributed by atoms with Crippen LogP contribution in [0, 0.1) is 23.7 Å². The second-order valence-electron chi connectivity index (χ2n) is 8.99. The molecule has 1 heterocycles. The second kappa shape index (κ2) is 8.74. The van der Waals surface area contributed by atoms with Crippen LogP contribution in [0.25, 0.3) is 0 Å². The Balaban J connectivity index is 1.30. The van der Waals surface area contributed by atoms with Crippen molar-refractivity contribution in [3.63, 3.8) is 0 Å². The van der Waals surface area contributed by atoms with Gasteiger partial charge in [-0.3, -0.25) is 9.59 Å². The van der Waals surface area contributed by atoms with E-state index in [1.165, 1.54) is 19.3 Å². The first-order valence-corrected chi connectivity index (χ1v) is 11.0. The van der Waals surface area contributed by atoms with E-state index in [-0.39, 0.29) is 29.7 Å². The molecule has 3 N–H and O–H groups in total. The van der Waals surface area contributed by atoms with Gasteiger partial charge in [-0.25, -0.2) is 0 Å². The summed E-state index contributed by atoms with van der Waals surface area (Å²) >= 11 is 0. The van der Waals surface area contributed by atoms with Crippen molar-refractivity contribution in [1.29, 1.82) is 0 Å². The number of anilines is 1. The highest BCUT2D eigenvalue weighted by molar-refractivity contribution is 5.94. The van der Waals surface area contributed by atoms with Crippen LogP contribution in [-0.2, 0) is 9.59 Å². The number of nitrogens with zero attached hydrogens (tertiary/aromatic N) is 1. The Morgan fingerprint density at radius 2 is 1.69 bits per heavy atom. The lowest BCUT2D eigenvalue weighted by atomic mass is 9.65. The lowest BCUT2D eigenvalue weighted by Crippen LogP contribution is -2.51. The third kappa shape index (κ3) is 4.27. The number of methoxy groups -OCH3 is 1. The van der Waals surface area contributed by atoms with Gasteiger partial charge >= 0.3 is 0 Å². The molecule has 0 spiro atoms. The zero-order chi connectivity index (χ0) is 20.4. The van der Waals surface area contributed by atoms with Gasteiger partial charge in [-0.1, -0.05) is 18.6 Å². The number of carbonyl (C=O) groups excluding carboxylic acids is 2. The highest BCUT2D eigenvalue weighted by Crippen LogP contribution is 2.42. The van der Waals surface area contributed by atoms with Crippen LogP contribution in [0.1, 0.15) is 44.9 Å². The molecule has 1 aromatic rings. The number of amides is 2. The van der Waals surface area contributed by atoms with Crippen molar-refractivity contribution >= 4 is 17.5 Å². The average Bonchev–Trinajstić information content (AvgIpc) is 2.73. The zero-order valence-corrected chi connectivity index (χ0v) is 17.3. The van der Waals surface area contributed by atoms with Crippen molar-refractivity contribution in [2.24, 2.45) is 29.4 Å². The summed E-state index contributed by atoms with van der Waals surface area (Å²) in [5, 5.41) is 2.99. The monoisotopic (exact) mass is 399 g/mol. The van der Waals surface area contributed by atoms with Crippen LogP contribution in [0.2, 0.25) is 0 Å². The molecule has 2 saturated carbocycles. The van der Waals surface area contributed by atoms with E-state index in [4.69, 9.17) is 10.5 Å². The maximum Gasteiger partial charge on any atom is 0.227 e. The van der Waals surface area contributed by atoms with E-state index in [0.29, 0.717) is 49.2 Å². The van der Waals surface area contributed by atoms with Gasteiger partial charge in [0.15, 0.2) is 0 Å². The fourth-order valence-corrected chi connectivity index (χ4v) is 5.59. The third-order valence-corrected chi connectivity index (χ3v) is 7.30. The highest BCUT2D eigenvalue weighted by Gasteiger charge is 2.42. The number of hydrogen-bond donors (Lipinski definition) is 2. The number of rotatable bonds is 4. The molecule has 2 unspecified atom stereocenters. The lowest BCUT2D eigenvalue weighted by molar-refractivity contribution is -0.141. The fourth-order valence-electron chi connectivity index (χ4n) is 5.59. The molecule has 3 aliphatic rings. The minimum Gasteiger partial charge on any atom is -0.495 e. The number of nitrogens with two attached hydrogens (primary N) is 1. The molecule has 158 valence electrons. The first-order valence-electron chi connectivity index (χ1n) is 11.0. The molecule has 4 rings (SSSR count). The molecular formula is C23H33N3O3. The summed E-state index contributed by atoms with van der Waals surface area (Å²) in [6, 6.07) is 7.73. The lowest BCUT2D eigenvalue weighted by Gasteiger charge is -2.45. The number of ether oxygens (including phenoxy) is 1. The van der Waals surface area contributed by atoms with Crippen molar-refractivity contribution < 1.29 is 14.3 Å². The van der Waals surface area contributed by atoms with Gasteiger partial charge in [0.2, 0.25) is 11.8 Å². The molecule has 0 radical (unpaired) electrons. The Morgan fingerprint density at radius 1 is 1.03 bits per heavy atom. The number of benzene rings is 1. The second-order valence-corrected chi connectivity index (χ2v) is 8.99. The summed E-state index contributed by atoms with van der Waals surface area (Å²) in [5.41, 5.74) is 7.08. The smallest absolute Gasteiger partial charge is 0.227 e. The number of hydrogen-bond acceptors (Lipinski definition) is 4. The Kier molecular flexibility index (Phi) is 6.09. The number of nitrogens with one attached hydrogen (secondary N) is 1. The molecule has 1 aliphatic heterocycles. The van der Waals surface area contributed by atoms with Gasteiger partial charge in [0.25, 0.3) is 0 Å². The Morgan fingerprint density at radius 3 is 2.34 bits per heavy atom. The summed E-state index contributed by atoms with van der Waals surface area (Å²) in [6.07, 6.45) is 6.93. The first-order chi connectivity index (χ1) is 14.1. The van der Waals surface area contributed by atoms with E-state index in [1.807, 2.05) is 29.2 Å². The van der Waals surface area contributed by atoms with E-state index in [9.17, 15) is 9.59 Å². The maximum absolute atomic E-state index is 13.1. The molecule has 0 aromatic heterocycles. The van der Waals surface area contributed by atoms with Crippen LogP contribution in [0.5, 0.6) is 5.75 Å². The van der Waals surface area contributed by atoms with Crippen molar-refractivity contribution in [3.8, 4) is 5.75 Å². The summed E-state index contributed by atoms with van der Waals surface area (Å²) < 4.78 is 5.31. The minimum absolute atomic E-state index is 0.0137. The van der Waals surface area contributed by atoms with Crippen LogP contribution >= 0.6 is 0 Å². The molecule has 2 bridgehead atoms. The van der Waals surface area contributed by atoms with E-state index in [0.717, 1.165) is 12.8 Å². The Hall–Kier alpha value is -2.08. The number of piperidine rings is 1. The SMILES string of the molecule is COc1ccccc1NC(=O)C1CCN(C(=O)C2CC3CCCC(C2)C3N)CC1. The van der Waals surface area contributed by atoms with Crippen molar-refractivity contribution in [2.45, 2.75) is 51.0 Å². The van der Waals surface area contributed by atoms with Crippen LogP contribution in [-0.4, -0.2) is 43.0 Å². The van der Waals surface area contributed by atoms with Crippen LogP contribution in [0.15, 0.2) is 24.3 Å². The molecule has 1 saturated heterocycles. The van der Waals surface area contributed by atoms with Gasteiger partial charge < -0.3 is 20.7 Å². The van der Waals surface area contributed by atoms with Crippen molar-refractivity contribution in [3.05, 3.63) is 24.3 Å². The first kappa shape index (κ1) is 20.2. The quantitative estimate of drug-likeness (QED) is 0.815. The number of likely N-dealkylation sites (tertiary alicyclic amines) is 1. The Labute approximate surface area is 173 Å². The molecule has 29 heavy (non-hydrogen) atoms. The summed E-state index contributed by atoms with van der Waals surface area (Å²) in [6.45, 7) is 1.33. The molecular weight excluding hydrogens is 366 g/mol. The van der Waals surface area contributed by atoms with Gasteiger partial charge in [0.05, 0.1) is 12.8 Å². The number of fused-ring (bicyclic) bond motifs is 2. The predicted molar refractivity (Wildman–Crippen MR) is 112 cm³/mol. The van der Waals surface area contributed by atoms with Gasteiger partial charge in [0.1, 0.15) is 5.75 Å². The average molecular weight is 400 g/mol. The number of carbonyl (C=O) groups is 2. The van der Waals surface area contributed by atoms with E-state index in [2.05, 4.69) is 5.32 Å². The summed E-state index contributed by atoms with van der Waals surface area (Å²) in [4.78, 5) is 27.8. The third-order valence-electron chi connectivity index (χ3n) is 7.30. The van der Waals surface area contributed by atoms with E-state index < -0.39 is 0 Å². The number of para-hydroxylation sites is 2. The Bertz CT molecular complexity index is 731. The molecule has 6 heteroatoms. The van der Waals surface area contributed by atoms with Gasteiger partial charge in [-0.15, -0.1) is 0 Å². The molecule has 2 atom stereocenters. The topological polar surface area (TPSA) is 84.7 Å². The largest absolute Gasteiger partial charge is 0.495 e. The fraction of sp³-hybridized carbons (Fsp3) is 0.652. The van der Waals surface area contributed by atoms with Crippen LogP contribution in [0.3, 0.4) is 0 Å². The van der Waals surface area contributed by atoms with Gasteiger partial charge in [-0.05, 0) is 62.5 Å². The van der Waals surface area contributed by atoms with Crippen LogP contribution < -0.4 is 15.8 Å². The van der Waals surface area contributed by atoms with Crippen molar-refractivity contribution in [1.82, 2.24) is 4.90 Å². The normalized spacial score (nSPS) is 29.9. The minimum atomic E-state index is -0.0666. The summed E-state index contributed by atoms with van der Waals surface area (Å²) in [7, 11) is 1.60. The molecule has 2 aliphatic carbocycles. The molecule has 1 aromatic carbocycles. The van der Waals surface area contributed by atoms with E-state index >= 15 is 0 Å². The molecule has 3 fully saturated rings. The highest BCUT2D eigenvalue weighted by atomic mass is 16.5. The van der Waals surface area contributed by atoms with Gasteiger partial charge in [0, 0.05) is 31.0 Å². The zero-order valence-electron chi connectivity index (χ0n) is 17.3. The molecule has 6 nitrogen and oxygen atoms in total. The molecule has 2 amide bonds. The standard InChI is InChI=1S/C23H33N3O3/c1-29-20-8-3-2-7-19(20)25-22(27)15-9-11-26(12-10-15)23(28)18-13-16-5-4-6-17(14-18)21(16)24/h2-3,7-8,15-18,21H,4-6,9-14,24H2,1H3,(H,25,27). The summed E-state index contributed by atoms with van der Waals surface area (Å²) in [5.74, 6) is 2.06. The van der Waals surface area contributed by atoms with E-state index in [1.54, 1.807) is 7.11 Å². The van der Waals surface area contributed by atoms with Gasteiger partial charge in [-0.2, -0.15) is 0 Å².